The van der Waals surface area contributed by atoms with Crippen molar-refractivity contribution in [2.45, 2.75) is 33.2 Å². The molecule has 2 N–H and O–H groups in total. The first-order valence-electron chi connectivity index (χ1n) is 6.13. The fraction of sp³-hybridized carbons (Fsp3) is 1.00. The molecular weight excluding hydrogens is 186 g/mol. The molecule has 0 radical (unpaired) electrons. The minimum absolute atomic E-state index is 0.296. The molecule has 1 saturated heterocycles. The van der Waals surface area contributed by atoms with Gasteiger partial charge in [0.15, 0.2) is 0 Å². The second-order valence-electron chi connectivity index (χ2n) is 5.45. The molecule has 0 aromatic carbocycles. The van der Waals surface area contributed by atoms with Crippen LogP contribution in [0.25, 0.3) is 0 Å². The van der Waals surface area contributed by atoms with Crippen molar-refractivity contribution in [3.8, 4) is 0 Å². The van der Waals surface area contributed by atoms with Crippen LogP contribution in [0.1, 0.15) is 27.2 Å². The van der Waals surface area contributed by atoms with E-state index in [1.165, 1.54) is 26.1 Å². The van der Waals surface area contributed by atoms with E-state index in [4.69, 9.17) is 5.73 Å². The number of nitrogens with two attached hydrogens (primary N) is 1. The van der Waals surface area contributed by atoms with Gasteiger partial charge < -0.3 is 10.6 Å². The summed E-state index contributed by atoms with van der Waals surface area (Å²) in [6, 6.07) is 0.668. The van der Waals surface area contributed by atoms with Gasteiger partial charge in [0.2, 0.25) is 0 Å². The van der Waals surface area contributed by atoms with E-state index in [1.54, 1.807) is 0 Å². The Labute approximate surface area is 94.6 Å². The first-order chi connectivity index (χ1) is 7.00. The highest BCUT2D eigenvalue weighted by Gasteiger charge is 2.28. The van der Waals surface area contributed by atoms with Crippen molar-refractivity contribution in [2.24, 2.45) is 11.1 Å². The smallest absolute Gasteiger partial charge is 0.0195 e. The Balaban J connectivity index is 2.50. The van der Waals surface area contributed by atoms with Crippen LogP contribution >= 0.6 is 0 Å². The molecule has 1 fully saturated rings. The summed E-state index contributed by atoms with van der Waals surface area (Å²) in [4.78, 5) is 5.00. The number of hydrogen-bond donors (Lipinski definition) is 1. The van der Waals surface area contributed by atoms with Gasteiger partial charge in [-0.2, -0.15) is 0 Å². The molecule has 0 aliphatic carbocycles. The van der Waals surface area contributed by atoms with Crippen LogP contribution in [0.2, 0.25) is 0 Å². The van der Waals surface area contributed by atoms with Gasteiger partial charge in [0, 0.05) is 32.2 Å². The standard InChI is InChI=1S/C12H27N3/c1-5-12(3,9-13)10-15-7-6-14(4)8-11(15)2/h11H,5-10,13H2,1-4H3. The molecule has 0 saturated carbocycles. The maximum Gasteiger partial charge on any atom is 0.0195 e. The topological polar surface area (TPSA) is 32.5 Å². The van der Waals surface area contributed by atoms with Crippen LogP contribution in [0, 0.1) is 5.41 Å². The normalized spacial score (nSPS) is 29.0. The first-order valence-corrected chi connectivity index (χ1v) is 6.13. The van der Waals surface area contributed by atoms with Crippen LogP contribution < -0.4 is 5.73 Å². The molecule has 2 unspecified atom stereocenters. The summed E-state index contributed by atoms with van der Waals surface area (Å²) < 4.78 is 0. The van der Waals surface area contributed by atoms with Crippen LogP contribution in [-0.2, 0) is 0 Å². The highest BCUT2D eigenvalue weighted by molar-refractivity contribution is 4.84. The number of nitrogens with zero attached hydrogens (tertiary/aromatic N) is 2. The average molecular weight is 213 g/mol. The molecule has 1 aliphatic rings. The minimum atomic E-state index is 0.296. The lowest BCUT2D eigenvalue weighted by molar-refractivity contribution is 0.0609. The van der Waals surface area contributed by atoms with Gasteiger partial charge in [-0.1, -0.05) is 13.8 Å². The molecule has 1 heterocycles. The van der Waals surface area contributed by atoms with Gasteiger partial charge in [-0.15, -0.1) is 0 Å². The van der Waals surface area contributed by atoms with Gasteiger partial charge in [0.25, 0.3) is 0 Å². The Kier molecular flexibility index (Phi) is 4.56. The first kappa shape index (κ1) is 12.9. The number of piperazine rings is 1. The third-order valence-corrected chi connectivity index (χ3v) is 3.90. The lowest BCUT2D eigenvalue weighted by Gasteiger charge is -2.42. The van der Waals surface area contributed by atoms with E-state index >= 15 is 0 Å². The second-order valence-corrected chi connectivity index (χ2v) is 5.45. The van der Waals surface area contributed by atoms with E-state index in [0.29, 0.717) is 11.5 Å². The molecule has 15 heavy (non-hydrogen) atoms. The summed E-state index contributed by atoms with van der Waals surface area (Å²) in [7, 11) is 2.20. The Morgan fingerprint density at radius 3 is 2.53 bits per heavy atom. The molecule has 1 aliphatic heterocycles. The van der Waals surface area contributed by atoms with Crippen LogP contribution in [0.4, 0.5) is 0 Å². The van der Waals surface area contributed by atoms with Gasteiger partial charge >= 0.3 is 0 Å². The summed E-state index contributed by atoms with van der Waals surface area (Å²) in [5, 5.41) is 0. The molecule has 90 valence electrons. The van der Waals surface area contributed by atoms with Crippen LogP contribution in [0.15, 0.2) is 0 Å². The number of rotatable bonds is 4. The van der Waals surface area contributed by atoms with Crippen molar-refractivity contribution < 1.29 is 0 Å². The largest absolute Gasteiger partial charge is 0.330 e. The van der Waals surface area contributed by atoms with E-state index in [-0.39, 0.29) is 0 Å². The number of hydrogen-bond acceptors (Lipinski definition) is 3. The second kappa shape index (κ2) is 5.28. The Bertz CT molecular complexity index is 189. The van der Waals surface area contributed by atoms with Crippen LogP contribution in [-0.4, -0.2) is 55.6 Å². The van der Waals surface area contributed by atoms with Crippen molar-refractivity contribution in [1.29, 1.82) is 0 Å². The molecule has 1 rings (SSSR count). The van der Waals surface area contributed by atoms with Gasteiger partial charge in [-0.25, -0.2) is 0 Å². The molecule has 0 bridgehead atoms. The summed E-state index contributed by atoms with van der Waals surface area (Å²) in [6.07, 6.45) is 1.17. The predicted octanol–water partition coefficient (Wildman–Crippen LogP) is 0.997. The molecule has 0 aromatic heterocycles. The lowest BCUT2D eigenvalue weighted by atomic mass is 9.86. The van der Waals surface area contributed by atoms with E-state index in [0.717, 1.165) is 13.1 Å². The highest BCUT2D eigenvalue weighted by atomic mass is 15.3. The Morgan fingerprint density at radius 2 is 2.07 bits per heavy atom. The highest BCUT2D eigenvalue weighted by Crippen LogP contribution is 2.23. The van der Waals surface area contributed by atoms with Crippen molar-refractivity contribution in [1.82, 2.24) is 9.80 Å². The van der Waals surface area contributed by atoms with Gasteiger partial charge in [0.1, 0.15) is 0 Å². The SMILES string of the molecule is CCC(C)(CN)CN1CCN(C)CC1C. The predicted molar refractivity (Wildman–Crippen MR) is 66.0 cm³/mol. The monoisotopic (exact) mass is 213 g/mol. The minimum Gasteiger partial charge on any atom is -0.330 e. The Hall–Kier alpha value is -0.120. The van der Waals surface area contributed by atoms with Crippen molar-refractivity contribution in [3.63, 3.8) is 0 Å². The van der Waals surface area contributed by atoms with Crippen molar-refractivity contribution >= 4 is 0 Å². The van der Waals surface area contributed by atoms with Crippen LogP contribution in [0.5, 0.6) is 0 Å². The third-order valence-electron chi connectivity index (χ3n) is 3.90. The zero-order chi connectivity index (χ0) is 11.5. The molecule has 0 spiro atoms. The van der Waals surface area contributed by atoms with E-state index in [2.05, 4.69) is 37.6 Å². The summed E-state index contributed by atoms with van der Waals surface area (Å²) in [5.74, 6) is 0. The van der Waals surface area contributed by atoms with Crippen molar-refractivity contribution in [2.75, 3.05) is 39.8 Å². The van der Waals surface area contributed by atoms with Crippen molar-refractivity contribution in [3.05, 3.63) is 0 Å². The van der Waals surface area contributed by atoms with Gasteiger partial charge in [0.05, 0.1) is 0 Å². The zero-order valence-electron chi connectivity index (χ0n) is 10.8. The van der Waals surface area contributed by atoms with Crippen LogP contribution in [0.3, 0.4) is 0 Å². The zero-order valence-corrected chi connectivity index (χ0v) is 10.8. The fourth-order valence-electron chi connectivity index (χ4n) is 2.22. The molecule has 0 amide bonds. The van der Waals surface area contributed by atoms with E-state index in [9.17, 15) is 0 Å². The molecule has 3 nitrogen and oxygen atoms in total. The third kappa shape index (κ3) is 3.44. The number of likely N-dealkylation sites (N-methyl/N-ethyl adjacent to an activating group) is 1. The maximum atomic E-state index is 5.87. The molecule has 0 aromatic rings. The lowest BCUT2D eigenvalue weighted by Crippen LogP contribution is -2.54. The summed E-state index contributed by atoms with van der Waals surface area (Å²) in [5.41, 5.74) is 6.17. The Morgan fingerprint density at radius 1 is 1.40 bits per heavy atom. The summed E-state index contributed by atoms with van der Waals surface area (Å²) >= 11 is 0. The summed E-state index contributed by atoms with van der Waals surface area (Å²) in [6.45, 7) is 12.4. The average Bonchev–Trinajstić information content (AvgIpc) is 2.22. The molecule has 2 atom stereocenters. The van der Waals surface area contributed by atoms with E-state index in [1.807, 2.05) is 0 Å². The quantitative estimate of drug-likeness (QED) is 0.756. The maximum absolute atomic E-state index is 5.87. The van der Waals surface area contributed by atoms with Gasteiger partial charge in [-0.3, -0.25) is 4.90 Å². The molecule has 3 heteroatoms. The van der Waals surface area contributed by atoms with E-state index < -0.39 is 0 Å². The fourth-order valence-corrected chi connectivity index (χ4v) is 2.22. The van der Waals surface area contributed by atoms with Gasteiger partial charge in [-0.05, 0) is 32.4 Å². The molecular formula is C12H27N3.